The van der Waals surface area contributed by atoms with E-state index < -0.39 is 17.8 Å². The Kier molecular flexibility index (Phi) is 6.04. The van der Waals surface area contributed by atoms with Crippen molar-refractivity contribution in [1.29, 1.82) is 0 Å². The lowest BCUT2D eigenvalue weighted by molar-refractivity contribution is -0.132. The van der Waals surface area contributed by atoms with Crippen molar-refractivity contribution in [2.75, 3.05) is 37.6 Å². The van der Waals surface area contributed by atoms with Gasteiger partial charge >= 0.3 is 0 Å². The molecule has 1 aromatic carbocycles. The third kappa shape index (κ3) is 3.81. The minimum atomic E-state index is -0.572. The van der Waals surface area contributed by atoms with Crippen LogP contribution in [0.1, 0.15) is 48.1 Å². The Morgan fingerprint density at radius 3 is 2.73 bits per heavy atom. The number of piperazine rings is 1. The number of anilines is 1. The van der Waals surface area contributed by atoms with Gasteiger partial charge in [0, 0.05) is 38.3 Å². The largest absolute Gasteiger partial charge is 0.387 e. The van der Waals surface area contributed by atoms with Crippen LogP contribution in [0.5, 0.6) is 0 Å². The first-order chi connectivity index (χ1) is 14.4. The van der Waals surface area contributed by atoms with Crippen molar-refractivity contribution in [3.8, 4) is 0 Å². The molecule has 30 heavy (non-hydrogen) atoms. The molecule has 1 aliphatic carbocycles. The van der Waals surface area contributed by atoms with Crippen LogP contribution in [0.25, 0.3) is 0 Å². The maximum Gasteiger partial charge on any atom is 0.231 e. The van der Waals surface area contributed by atoms with Crippen LogP contribution in [0.3, 0.4) is 0 Å². The number of nitrogens with zero attached hydrogens (tertiary/aromatic N) is 4. The van der Waals surface area contributed by atoms with Crippen molar-refractivity contribution in [2.45, 2.75) is 31.3 Å². The summed E-state index contributed by atoms with van der Waals surface area (Å²) in [4.78, 5) is 25.8. The summed E-state index contributed by atoms with van der Waals surface area (Å²) < 4.78 is 14.3. The summed E-state index contributed by atoms with van der Waals surface area (Å²) in [5.74, 6) is -0.0213. The summed E-state index contributed by atoms with van der Waals surface area (Å²) in [5, 5.41) is 10.2. The van der Waals surface area contributed by atoms with Crippen LogP contribution in [0.15, 0.2) is 29.0 Å². The third-order valence-corrected chi connectivity index (χ3v) is 6.69. The Hall–Kier alpha value is -2.10. The highest BCUT2D eigenvalue weighted by molar-refractivity contribution is 9.10. The maximum atomic E-state index is 13.9. The highest BCUT2D eigenvalue weighted by atomic mass is 79.9. The fourth-order valence-electron chi connectivity index (χ4n) is 4.42. The lowest BCUT2D eigenvalue weighted by atomic mass is 9.97. The zero-order valence-corrected chi connectivity index (χ0v) is 18.3. The number of amides is 1. The van der Waals surface area contributed by atoms with Crippen molar-refractivity contribution in [3.05, 3.63) is 51.6 Å². The van der Waals surface area contributed by atoms with Crippen molar-refractivity contribution in [3.63, 3.8) is 0 Å². The number of carbonyl (C=O) groups is 1. The van der Waals surface area contributed by atoms with Gasteiger partial charge in [-0.2, -0.15) is 0 Å². The molecule has 4 rings (SSSR count). The number of benzene rings is 1. The Morgan fingerprint density at radius 2 is 2.07 bits per heavy atom. The molecular formula is C21H25BrFN5O2. The summed E-state index contributed by atoms with van der Waals surface area (Å²) in [6.07, 6.45) is 1.61. The number of rotatable bonds is 4. The normalized spacial score (nSPS) is 22.2. The Balaban J connectivity index is 1.47. The molecule has 2 aromatic rings. The molecule has 3 atom stereocenters. The number of carbonyl (C=O) groups excluding carboxylic acids is 1. The topological polar surface area (TPSA) is 95.6 Å². The van der Waals surface area contributed by atoms with Gasteiger partial charge in [0.25, 0.3) is 0 Å². The maximum absolute atomic E-state index is 13.9. The first-order valence-electron chi connectivity index (χ1n) is 10.1. The van der Waals surface area contributed by atoms with E-state index >= 15 is 0 Å². The van der Waals surface area contributed by atoms with Gasteiger partial charge in [0.2, 0.25) is 5.91 Å². The van der Waals surface area contributed by atoms with E-state index in [0.717, 1.165) is 11.4 Å². The lowest BCUT2D eigenvalue weighted by Crippen LogP contribution is -2.51. The molecule has 0 radical (unpaired) electrons. The number of aliphatic hydroxyl groups excluding tert-OH is 1. The van der Waals surface area contributed by atoms with Gasteiger partial charge in [-0.25, -0.2) is 14.4 Å². The number of aromatic nitrogens is 2. The van der Waals surface area contributed by atoms with Gasteiger partial charge in [0.1, 0.15) is 18.0 Å². The van der Waals surface area contributed by atoms with Crippen molar-refractivity contribution in [2.24, 2.45) is 5.73 Å². The SMILES string of the molecule is C[C@@H]1C[C@H](O)c2ncnc(N3CCN(C(=O)C(CN)c4ccc(Br)c(F)c4)CC3)c21. The lowest BCUT2D eigenvalue weighted by Gasteiger charge is -2.37. The summed E-state index contributed by atoms with van der Waals surface area (Å²) in [6, 6.07) is 4.70. The molecule has 1 unspecified atom stereocenters. The summed E-state index contributed by atoms with van der Waals surface area (Å²) in [7, 11) is 0. The fraction of sp³-hybridized carbons (Fsp3) is 0.476. The highest BCUT2D eigenvalue weighted by Gasteiger charge is 2.34. The monoisotopic (exact) mass is 477 g/mol. The molecule has 0 saturated carbocycles. The number of nitrogens with two attached hydrogens (primary N) is 1. The molecule has 0 bridgehead atoms. The summed E-state index contributed by atoms with van der Waals surface area (Å²) >= 11 is 3.14. The minimum absolute atomic E-state index is 0.0874. The van der Waals surface area contributed by atoms with Crippen LogP contribution in [-0.2, 0) is 4.79 Å². The number of hydrogen-bond acceptors (Lipinski definition) is 6. The van der Waals surface area contributed by atoms with Gasteiger partial charge in [-0.05, 0) is 46.0 Å². The Bertz CT molecular complexity index is 951. The molecule has 2 heterocycles. The second-order valence-corrected chi connectivity index (χ2v) is 8.78. The number of aliphatic hydroxyl groups is 1. The van der Waals surface area contributed by atoms with E-state index in [0.29, 0.717) is 48.3 Å². The third-order valence-electron chi connectivity index (χ3n) is 6.05. The van der Waals surface area contributed by atoms with Crippen LogP contribution < -0.4 is 10.6 Å². The average molecular weight is 478 g/mol. The van der Waals surface area contributed by atoms with Crippen LogP contribution in [0, 0.1) is 5.82 Å². The van der Waals surface area contributed by atoms with Gasteiger partial charge in [-0.1, -0.05) is 13.0 Å². The van der Waals surface area contributed by atoms with E-state index in [4.69, 9.17) is 5.73 Å². The van der Waals surface area contributed by atoms with Gasteiger partial charge in [0.15, 0.2) is 0 Å². The molecule has 2 aliphatic rings. The quantitative estimate of drug-likeness (QED) is 0.701. The molecular weight excluding hydrogens is 453 g/mol. The van der Waals surface area contributed by atoms with E-state index in [1.807, 2.05) is 0 Å². The fourth-order valence-corrected chi connectivity index (χ4v) is 4.67. The zero-order valence-electron chi connectivity index (χ0n) is 16.8. The Morgan fingerprint density at radius 1 is 1.33 bits per heavy atom. The van der Waals surface area contributed by atoms with Gasteiger partial charge < -0.3 is 20.6 Å². The predicted octanol–water partition coefficient (Wildman–Crippen LogP) is 2.31. The van der Waals surface area contributed by atoms with Gasteiger partial charge in [0.05, 0.1) is 22.2 Å². The van der Waals surface area contributed by atoms with Crippen molar-refractivity contribution < 1.29 is 14.3 Å². The summed E-state index contributed by atoms with van der Waals surface area (Å²) in [6.45, 7) is 4.52. The molecule has 3 N–H and O–H groups in total. The number of fused-ring (bicyclic) bond motifs is 1. The molecule has 1 saturated heterocycles. The molecule has 7 nitrogen and oxygen atoms in total. The molecule has 1 aromatic heterocycles. The molecule has 9 heteroatoms. The van der Waals surface area contributed by atoms with Crippen LogP contribution in [0.2, 0.25) is 0 Å². The second kappa shape index (κ2) is 8.56. The van der Waals surface area contributed by atoms with Gasteiger partial charge in [-0.15, -0.1) is 0 Å². The Labute approximate surface area is 183 Å². The molecule has 1 fully saturated rings. The van der Waals surface area contributed by atoms with Crippen LogP contribution in [0.4, 0.5) is 10.2 Å². The van der Waals surface area contributed by atoms with Crippen molar-refractivity contribution in [1.82, 2.24) is 14.9 Å². The first-order valence-corrected chi connectivity index (χ1v) is 10.9. The average Bonchev–Trinajstić information content (AvgIpc) is 3.05. The summed E-state index contributed by atoms with van der Waals surface area (Å²) in [5.41, 5.74) is 8.18. The van der Waals surface area contributed by atoms with E-state index in [-0.39, 0.29) is 18.4 Å². The molecule has 0 spiro atoms. The minimum Gasteiger partial charge on any atom is -0.387 e. The molecule has 1 aliphatic heterocycles. The number of halogens is 2. The van der Waals surface area contributed by atoms with Crippen LogP contribution in [-0.4, -0.2) is 58.6 Å². The van der Waals surface area contributed by atoms with E-state index in [1.54, 1.807) is 17.0 Å². The first kappa shape index (κ1) is 21.1. The van der Waals surface area contributed by atoms with E-state index in [9.17, 15) is 14.3 Å². The predicted molar refractivity (Wildman–Crippen MR) is 115 cm³/mol. The van der Waals surface area contributed by atoms with E-state index in [2.05, 4.69) is 37.7 Å². The standard InChI is InChI=1S/C21H25BrFN5O2/c1-12-8-17(29)19-18(12)20(26-11-25-19)27-4-6-28(7-5-27)21(30)14(10-24)13-2-3-15(22)16(23)9-13/h2-3,9,11-12,14,17,29H,4-8,10,24H2,1H3/t12-,14?,17+/m1/s1. The van der Waals surface area contributed by atoms with Gasteiger partial charge in [-0.3, -0.25) is 4.79 Å². The van der Waals surface area contributed by atoms with Crippen LogP contribution >= 0.6 is 15.9 Å². The second-order valence-electron chi connectivity index (χ2n) is 7.92. The molecule has 1 amide bonds. The van der Waals surface area contributed by atoms with E-state index in [1.165, 1.54) is 12.4 Å². The molecule has 160 valence electrons. The smallest absolute Gasteiger partial charge is 0.231 e. The zero-order chi connectivity index (χ0) is 21.4. The highest BCUT2D eigenvalue weighted by Crippen LogP contribution is 2.42. The van der Waals surface area contributed by atoms with Crippen molar-refractivity contribution >= 4 is 27.7 Å². The number of hydrogen-bond donors (Lipinski definition) is 2.